The summed E-state index contributed by atoms with van der Waals surface area (Å²) in [5, 5.41) is 0. The number of hydrogen-bond donors (Lipinski definition) is 1. The second-order valence-corrected chi connectivity index (χ2v) is 4.52. The molecule has 0 spiro atoms. The maximum absolute atomic E-state index is 13.1. The highest BCUT2D eigenvalue weighted by molar-refractivity contribution is 6.04. The fraction of sp³-hybridized carbons (Fsp3) is 0.417. The molecule has 0 radical (unpaired) electrons. The number of amides is 1. The van der Waals surface area contributed by atoms with Crippen LogP contribution in [0.5, 0.6) is 0 Å². The number of carbonyl (C=O) groups is 1. The van der Waals surface area contributed by atoms with Crippen LogP contribution in [0.2, 0.25) is 0 Å². The summed E-state index contributed by atoms with van der Waals surface area (Å²) < 4.78 is 13.1. The molecule has 86 valence electrons. The second-order valence-electron chi connectivity index (χ2n) is 4.52. The van der Waals surface area contributed by atoms with Gasteiger partial charge in [0, 0.05) is 12.1 Å². The van der Waals surface area contributed by atoms with Gasteiger partial charge in [-0.3, -0.25) is 4.79 Å². The zero-order chi connectivity index (χ0) is 11.9. The molecular weight excluding hydrogens is 207 g/mol. The Hall–Kier alpha value is -1.42. The number of benzene rings is 1. The van der Waals surface area contributed by atoms with Crippen molar-refractivity contribution in [3.8, 4) is 0 Å². The molecule has 1 aromatic rings. The fourth-order valence-corrected chi connectivity index (χ4v) is 1.99. The predicted molar refractivity (Wildman–Crippen MR) is 60.5 cm³/mol. The highest BCUT2D eigenvalue weighted by Crippen LogP contribution is 2.35. The minimum Gasteiger partial charge on any atom is -0.316 e. The molecule has 0 fully saturated rings. The Labute approximate surface area is 94.0 Å². The number of nitrogens with zero attached hydrogens (tertiary/aromatic N) is 1. The molecule has 0 bridgehead atoms. The van der Waals surface area contributed by atoms with Crippen LogP contribution in [0, 0.1) is 11.7 Å². The third-order valence-electron chi connectivity index (χ3n) is 2.70. The lowest BCUT2D eigenvalue weighted by molar-refractivity contribution is -0.119. The molecule has 1 aromatic carbocycles. The van der Waals surface area contributed by atoms with Gasteiger partial charge in [-0.1, -0.05) is 19.9 Å². The molecule has 2 rings (SSSR count). The maximum Gasteiger partial charge on any atom is 0.248 e. The summed E-state index contributed by atoms with van der Waals surface area (Å²) in [6.45, 7) is 4.59. The Balaban J connectivity index is 2.43. The Morgan fingerprint density at radius 2 is 2.19 bits per heavy atom. The molecule has 1 heterocycles. The van der Waals surface area contributed by atoms with Gasteiger partial charge in [0.15, 0.2) is 0 Å². The molecular formula is C12H15FN2O. The fourth-order valence-electron chi connectivity index (χ4n) is 1.99. The van der Waals surface area contributed by atoms with Gasteiger partial charge in [-0.15, -0.1) is 0 Å². The third kappa shape index (κ3) is 1.69. The van der Waals surface area contributed by atoms with Gasteiger partial charge in [0.2, 0.25) is 5.91 Å². The van der Waals surface area contributed by atoms with Crippen molar-refractivity contribution >= 4 is 11.6 Å². The van der Waals surface area contributed by atoms with E-state index in [-0.39, 0.29) is 11.7 Å². The molecule has 4 heteroatoms. The smallest absolute Gasteiger partial charge is 0.248 e. The van der Waals surface area contributed by atoms with E-state index in [0.29, 0.717) is 23.7 Å². The van der Waals surface area contributed by atoms with Gasteiger partial charge in [0.1, 0.15) is 11.9 Å². The second kappa shape index (κ2) is 3.87. The Morgan fingerprint density at radius 1 is 1.50 bits per heavy atom. The van der Waals surface area contributed by atoms with Gasteiger partial charge >= 0.3 is 0 Å². The van der Waals surface area contributed by atoms with E-state index in [0.717, 1.165) is 0 Å². The largest absolute Gasteiger partial charge is 0.316 e. The van der Waals surface area contributed by atoms with Crippen LogP contribution in [-0.4, -0.2) is 12.5 Å². The first-order chi connectivity index (χ1) is 7.50. The minimum atomic E-state index is -0.644. The molecule has 0 aliphatic carbocycles. The van der Waals surface area contributed by atoms with Crippen molar-refractivity contribution in [1.29, 1.82) is 0 Å². The van der Waals surface area contributed by atoms with Gasteiger partial charge in [-0.25, -0.2) is 4.39 Å². The topological polar surface area (TPSA) is 46.3 Å². The monoisotopic (exact) mass is 222 g/mol. The summed E-state index contributed by atoms with van der Waals surface area (Å²) in [5.74, 6) is -0.158. The lowest BCUT2D eigenvalue weighted by Gasteiger charge is -2.19. The van der Waals surface area contributed by atoms with Crippen molar-refractivity contribution in [2.45, 2.75) is 19.9 Å². The van der Waals surface area contributed by atoms with Crippen molar-refractivity contribution in [2.24, 2.45) is 11.7 Å². The number of hydrogen-bond acceptors (Lipinski definition) is 2. The van der Waals surface area contributed by atoms with Crippen LogP contribution in [0.15, 0.2) is 18.2 Å². The van der Waals surface area contributed by atoms with E-state index in [2.05, 4.69) is 0 Å². The van der Waals surface area contributed by atoms with Crippen molar-refractivity contribution in [2.75, 3.05) is 11.4 Å². The molecule has 3 nitrogen and oxygen atoms in total. The summed E-state index contributed by atoms with van der Waals surface area (Å²) in [6, 6.07) is 3.66. The van der Waals surface area contributed by atoms with Gasteiger partial charge in [0.05, 0.1) is 5.69 Å². The predicted octanol–water partition coefficient (Wildman–Crippen LogP) is 1.83. The normalized spacial score (nSPS) is 19.4. The van der Waals surface area contributed by atoms with Crippen molar-refractivity contribution < 1.29 is 9.18 Å². The average Bonchev–Trinajstić information content (AvgIpc) is 2.43. The van der Waals surface area contributed by atoms with Crippen LogP contribution in [0.3, 0.4) is 0 Å². The number of fused-ring (bicyclic) bond motifs is 1. The summed E-state index contributed by atoms with van der Waals surface area (Å²) in [5.41, 5.74) is 7.12. The summed E-state index contributed by atoms with van der Waals surface area (Å²) in [6.07, 6.45) is 0. The highest BCUT2D eigenvalue weighted by Gasteiger charge is 2.34. The molecule has 1 aliphatic heterocycles. The number of anilines is 1. The lowest BCUT2D eigenvalue weighted by Crippen LogP contribution is -2.34. The summed E-state index contributed by atoms with van der Waals surface area (Å²) in [7, 11) is 0. The zero-order valence-corrected chi connectivity index (χ0v) is 9.40. The van der Waals surface area contributed by atoms with E-state index in [4.69, 9.17) is 5.73 Å². The standard InChI is InChI=1S/C12H15FN2O/c1-7(2)6-15-10-5-8(13)3-4-9(10)11(14)12(15)16/h3-5,7,11H,6,14H2,1-2H3. The number of rotatable bonds is 2. The molecule has 2 N–H and O–H groups in total. The van der Waals surface area contributed by atoms with E-state index in [1.54, 1.807) is 11.0 Å². The van der Waals surface area contributed by atoms with Gasteiger partial charge in [0.25, 0.3) is 0 Å². The molecule has 0 saturated carbocycles. The van der Waals surface area contributed by atoms with Crippen molar-refractivity contribution in [3.05, 3.63) is 29.6 Å². The quantitative estimate of drug-likeness (QED) is 0.829. The van der Waals surface area contributed by atoms with Crippen LogP contribution in [0.25, 0.3) is 0 Å². The summed E-state index contributed by atoms with van der Waals surface area (Å²) >= 11 is 0. The van der Waals surface area contributed by atoms with E-state index < -0.39 is 6.04 Å². The number of halogens is 1. The lowest BCUT2D eigenvalue weighted by atomic mass is 10.1. The maximum atomic E-state index is 13.1. The van der Waals surface area contributed by atoms with Gasteiger partial charge in [-0.05, 0) is 18.1 Å². The molecule has 0 saturated heterocycles. The van der Waals surface area contributed by atoms with E-state index in [1.807, 2.05) is 13.8 Å². The zero-order valence-electron chi connectivity index (χ0n) is 9.40. The van der Waals surface area contributed by atoms with Crippen LogP contribution >= 0.6 is 0 Å². The van der Waals surface area contributed by atoms with Gasteiger partial charge in [-0.2, -0.15) is 0 Å². The first kappa shape index (κ1) is 11.1. The SMILES string of the molecule is CC(C)CN1C(=O)C(N)c2ccc(F)cc21. The molecule has 1 unspecified atom stereocenters. The van der Waals surface area contributed by atoms with Gasteiger partial charge < -0.3 is 10.6 Å². The average molecular weight is 222 g/mol. The third-order valence-corrected chi connectivity index (χ3v) is 2.70. The molecule has 0 aromatic heterocycles. The van der Waals surface area contributed by atoms with Crippen LogP contribution in [0.1, 0.15) is 25.5 Å². The van der Waals surface area contributed by atoms with E-state index >= 15 is 0 Å². The minimum absolute atomic E-state index is 0.144. The van der Waals surface area contributed by atoms with Crippen LogP contribution in [-0.2, 0) is 4.79 Å². The first-order valence-corrected chi connectivity index (χ1v) is 5.37. The Morgan fingerprint density at radius 3 is 2.81 bits per heavy atom. The van der Waals surface area contributed by atoms with Crippen molar-refractivity contribution in [1.82, 2.24) is 0 Å². The van der Waals surface area contributed by atoms with Crippen LogP contribution < -0.4 is 10.6 Å². The first-order valence-electron chi connectivity index (χ1n) is 5.37. The Bertz CT molecular complexity index is 431. The summed E-state index contributed by atoms with van der Waals surface area (Å²) in [4.78, 5) is 13.5. The highest BCUT2D eigenvalue weighted by atomic mass is 19.1. The number of carbonyl (C=O) groups excluding carboxylic acids is 1. The molecule has 16 heavy (non-hydrogen) atoms. The Kier molecular flexibility index (Phi) is 2.68. The molecule has 1 aliphatic rings. The molecule has 1 amide bonds. The van der Waals surface area contributed by atoms with E-state index in [1.165, 1.54) is 12.1 Å². The van der Waals surface area contributed by atoms with Crippen LogP contribution in [0.4, 0.5) is 10.1 Å². The molecule has 1 atom stereocenters. The number of nitrogens with two attached hydrogens (primary N) is 1. The van der Waals surface area contributed by atoms with E-state index in [9.17, 15) is 9.18 Å². The van der Waals surface area contributed by atoms with Crippen molar-refractivity contribution in [3.63, 3.8) is 0 Å².